The second kappa shape index (κ2) is 7.84. The molecule has 0 radical (unpaired) electrons. The fourth-order valence-corrected chi connectivity index (χ4v) is 3.03. The fourth-order valence-electron chi connectivity index (χ4n) is 2.56. The Bertz CT molecular complexity index is 875. The molecule has 3 rings (SSSR count). The maximum atomic E-state index is 12.6. The molecule has 8 heteroatoms. The van der Waals surface area contributed by atoms with Crippen molar-refractivity contribution in [2.75, 3.05) is 5.32 Å². The quantitative estimate of drug-likeness (QED) is 0.649. The monoisotopic (exact) mass is 421 g/mol. The van der Waals surface area contributed by atoms with E-state index in [1.807, 2.05) is 42.1 Å². The molecule has 1 atom stereocenters. The van der Waals surface area contributed by atoms with Gasteiger partial charge in [0.25, 0.3) is 0 Å². The number of halogens is 2. The lowest BCUT2D eigenvalue weighted by Crippen LogP contribution is -2.26. The molecule has 0 aliphatic carbocycles. The SMILES string of the molecule is CCC(C(=O)Nc1cccc(Cn2cc(Br)cn2)c1)n1cc(Cl)cn1. The Morgan fingerprint density at radius 1 is 1.32 bits per heavy atom. The Labute approximate surface area is 158 Å². The predicted octanol–water partition coefficient (Wildman–Crippen LogP) is 4.13. The molecule has 130 valence electrons. The lowest BCUT2D eigenvalue weighted by atomic mass is 10.1. The van der Waals surface area contributed by atoms with Crippen molar-refractivity contribution in [1.82, 2.24) is 19.6 Å². The summed E-state index contributed by atoms with van der Waals surface area (Å²) in [5, 5.41) is 11.8. The zero-order chi connectivity index (χ0) is 17.8. The number of carbonyl (C=O) groups excluding carboxylic acids is 1. The summed E-state index contributed by atoms with van der Waals surface area (Å²) in [5.41, 5.74) is 1.79. The maximum Gasteiger partial charge on any atom is 0.249 e. The number of rotatable bonds is 6. The van der Waals surface area contributed by atoms with Crippen LogP contribution in [-0.4, -0.2) is 25.5 Å². The summed E-state index contributed by atoms with van der Waals surface area (Å²) in [6.07, 6.45) is 7.44. The van der Waals surface area contributed by atoms with Crippen molar-refractivity contribution in [3.8, 4) is 0 Å². The number of anilines is 1. The van der Waals surface area contributed by atoms with Crippen LogP contribution in [0.25, 0.3) is 0 Å². The number of benzene rings is 1. The van der Waals surface area contributed by atoms with Gasteiger partial charge in [-0.1, -0.05) is 30.7 Å². The molecule has 6 nitrogen and oxygen atoms in total. The van der Waals surface area contributed by atoms with Crippen LogP contribution >= 0.6 is 27.5 Å². The number of nitrogens with zero attached hydrogens (tertiary/aromatic N) is 4. The van der Waals surface area contributed by atoms with Crippen LogP contribution in [0.3, 0.4) is 0 Å². The van der Waals surface area contributed by atoms with E-state index < -0.39 is 6.04 Å². The molecule has 0 saturated carbocycles. The highest BCUT2D eigenvalue weighted by molar-refractivity contribution is 9.10. The first-order chi connectivity index (χ1) is 12.0. The van der Waals surface area contributed by atoms with Crippen LogP contribution in [-0.2, 0) is 11.3 Å². The van der Waals surface area contributed by atoms with Crippen LogP contribution in [0.5, 0.6) is 0 Å². The van der Waals surface area contributed by atoms with Gasteiger partial charge in [0.05, 0.1) is 28.4 Å². The highest BCUT2D eigenvalue weighted by Crippen LogP contribution is 2.18. The van der Waals surface area contributed by atoms with Crippen LogP contribution in [0.4, 0.5) is 5.69 Å². The first kappa shape index (κ1) is 17.7. The summed E-state index contributed by atoms with van der Waals surface area (Å²) in [6.45, 7) is 2.56. The van der Waals surface area contributed by atoms with Gasteiger partial charge in [-0.2, -0.15) is 10.2 Å². The molecule has 0 bridgehead atoms. The minimum atomic E-state index is -0.404. The van der Waals surface area contributed by atoms with E-state index in [9.17, 15) is 4.79 Å². The molecule has 25 heavy (non-hydrogen) atoms. The Balaban J connectivity index is 1.71. The van der Waals surface area contributed by atoms with Crippen molar-refractivity contribution in [1.29, 1.82) is 0 Å². The van der Waals surface area contributed by atoms with Gasteiger partial charge in [-0.25, -0.2) is 0 Å². The lowest BCUT2D eigenvalue weighted by molar-refractivity contribution is -0.119. The lowest BCUT2D eigenvalue weighted by Gasteiger charge is -2.16. The van der Waals surface area contributed by atoms with E-state index in [1.165, 1.54) is 6.20 Å². The molecule has 3 aromatic rings. The highest BCUT2D eigenvalue weighted by Gasteiger charge is 2.19. The average molecular weight is 423 g/mol. The minimum Gasteiger partial charge on any atom is -0.324 e. The number of aromatic nitrogens is 4. The van der Waals surface area contributed by atoms with Gasteiger partial charge < -0.3 is 5.32 Å². The zero-order valence-corrected chi connectivity index (χ0v) is 15.9. The van der Waals surface area contributed by atoms with E-state index >= 15 is 0 Å². The average Bonchev–Trinajstić information content (AvgIpc) is 3.17. The standard InChI is InChI=1S/C17H17BrClN5O/c1-2-16(24-11-14(19)8-21-24)17(25)22-15-5-3-4-12(6-15)9-23-10-13(18)7-20-23/h3-8,10-11,16H,2,9H2,1H3,(H,22,25). The van der Waals surface area contributed by atoms with E-state index in [-0.39, 0.29) is 5.91 Å². The molecule has 0 aliphatic rings. The van der Waals surface area contributed by atoms with Gasteiger partial charge in [0.15, 0.2) is 0 Å². The Hall–Kier alpha value is -2.12. The van der Waals surface area contributed by atoms with Gasteiger partial charge in [0, 0.05) is 18.1 Å². The number of hydrogen-bond acceptors (Lipinski definition) is 3. The molecule has 1 amide bonds. The number of nitrogens with one attached hydrogen (secondary N) is 1. The van der Waals surface area contributed by atoms with Crippen molar-refractivity contribution in [3.63, 3.8) is 0 Å². The molecule has 2 heterocycles. The molecular formula is C17H17BrClN5O. The van der Waals surface area contributed by atoms with E-state index in [0.29, 0.717) is 18.0 Å². The van der Waals surface area contributed by atoms with Crippen LogP contribution in [0, 0.1) is 0 Å². The number of hydrogen-bond donors (Lipinski definition) is 1. The van der Waals surface area contributed by atoms with Gasteiger partial charge in [0.1, 0.15) is 6.04 Å². The summed E-state index contributed by atoms with van der Waals surface area (Å²) >= 11 is 9.28. The van der Waals surface area contributed by atoms with Crippen molar-refractivity contribution in [3.05, 3.63) is 64.1 Å². The molecule has 0 spiro atoms. The number of amides is 1. The van der Waals surface area contributed by atoms with Crippen LogP contribution in [0.2, 0.25) is 5.02 Å². The van der Waals surface area contributed by atoms with E-state index in [1.54, 1.807) is 17.1 Å². The van der Waals surface area contributed by atoms with Crippen molar-refractivity contribution >= 4 is 39.1 Å². The maximum absolute atomic E-state index is 12.6. The van der Waals surface area contributed by atoms with E-state index in [4.69, 9.17) is 11.6 Å². The smallest absolute Gasteiger partial charge is 0.249 e. The highest BCUT2D eigenvalue weighted by atomic mass is 79.9. The van der Waals surface area contributed by atoms with Crippen LogP contribution in [0.1, 0.15) is 24.9 Å². The molecule has 1 aromatic carbocycles. The van der Waals surface area contributed by atoms with Gasteiger partial charge in [-0.3, -0.25) is 14.2 Å². The third-order valence-corrected chi connectivity index (χ3v) is 4.32. The fraction of sp³-hybridized carbons (Fsp3) is 0.235. The summed E-state index contributed by atoms with van der Waals surface area (Å²) in [7, 11) is 0. The molecule has 1 N–H and O–H groups in total. The topological polar surface area (TPSA) is 64.7 Å². The molecule has 0 fully saturated rings. The predicted molar refractivity (Wildman–Crippen MR) is 101 cm³/mol. The molecule has 1 unspecified atom stereocenters. The van der Waals surface area contributed by atoms with Crippen molar-refractivity contribution in [2.45, 2.75) is 25.9 Å². The van der Waals surface area contributed by atoms with Gasteiger partial charge >= 0.3 is 0 Å². The van der Waals surface area contributed by atoms with Crippen LogP contribution in [0.15, 0.2) is 53.5 Å². The first-order valence-corrected chi connectivity index (χ1v) is 8.99. The molecule has 0 aliphatic heterocycles. The van der Waals surface area contributed by atoms with Crippen molar-refractivity contribution in [2.24, 2.45) is 0 Å². The third kappa shape index (κ3) is 4.49. The Kier molecular flexibility index (Phi) is 5.55. The summed E-state index contributed by atoms with van der Waals surface area (Å²) in [5.74, 6) is -0.124. The molecular weight excluding hydrogens is 406 g/mol. The zero-order valence-electron chi connectivity index (χ0n) is 13.6. The van der Waals surface area contributed by atoms with Gasteiger partial charge in [-0.15, -0.1) is 0 Å². The number of carbonyl (C=O) groups is 1. The second-order valence-electron chi connectivity index (χ2n) is 5.61. The summed E-state index contributed by atoms with van der Waals surface area (Å²) in [6, 6.07) is 7.31. The van der Waals surface area contributed by atoms with E-state index in [2.05, 4.69) is 31.4 Å². The van der Waals surface area contributed by atoms with Gasteiger partial charge in [0.2, 0.25) is 5.91 Å². The molecule has 2 aromatic heterocycles. The largest absolute Gasteiger partial charge is 0.324 e. The van der Waals surface area contributed by atoms with Crippen LogP contribution < -0.4 is 5.32 Å². The Morgan fingerprint density at radius 2 is 2.16 bits per heavy atom. The van der Waals surface area contributed by atoms with Gasteiger partial charge in [-0.05, 0) is 40.0 Å². The van der Waals surface area contributed by atoms with Crippen molar-refractivity contribution < 1.29 is 4.79 Å². The third-order valence-electron chi connectivity index (χ3n) is 3.72. The second-order valence-corrected chi connectivity index (χ2v) is 6.96. The minimum absolute atomic E-state index is 0.124. The summed E-state index contributed by atoms with van der Waals surface area (Å²) in [4.78, 5) is 12.6. The first-order valence-electron chi connectivity index (χ1n) is 7.82. The summed E-state index contributed by atoms with van der Waals surface area (Å²) < 4.78 is 4.34. The van der Waals surface area contributed by atoms with E-state index in [0.717, 1.165) is 15.7 Å². The Morgan fingerprint density at radius 3 is 2.80 bits per heavy atom. The molecule has 0 saturated heterocycles. The normalized spacial score (nSPS) is 12.1.